The number of amides is 1. The van der Waals surface area contributed by atoms with E-state index >= 15 is 0 Å². The van der Waals surface area contributed by atoms with Crippen molar-refractivity contribution in [1.29, 1.82) is 0 Å². The van der Waals surface area contributed by atoms with E-state index in [9.17, 15) is 4.79 Å². The summed E-state index contributed by atoms with van der Waals surface area (Å²) in [5.41, 5.74) is 5.05. The molecule has 0 unspecified atom stereocenters. The third-order valence-corrected chi connectivity index (χ3v) is 3.87. The van der Waals surface area contributed by atoms with Gasteiger partial charge in [-0.1, -0.05) is 30.3 Å². The summed E-state index contributed by atoms with van der Waals surface area (Å²) < 4.78 is 0. The maximum absolute atomic E-state index is 11.9. The Labute approximate surface area is 107 Å². The number of hydrazone groups is 1. The normalized spacial score (nSPS) is 26.8. The van der Waals surface area contributed by atoms with Gasteiger partial charge in [0.05, 0.1) is 0 Å². The molecule has 1 aromatic rings. The summed E-state index contributed by atoms with van der Waals surface area (Å²) in [6, 6.07) is 10.2. The van der Waals surface area contributed by atoms with Gasteiger partial charge in [0.2, 0.25) is 5.91 Å². The van der Waals surface area contributed by atoms with Gasteiger partial charge in [0.15, 0.2) is 0 Å². The molecule has 3 rings (SSSR count). The van der Waals surface area contributed by atoms with Crippen LogP contribution in [0.2, 0.25) is 0 Å². The second-order valence-corrected chi connectivity index (χ2v) is 5.36. The fourth-order valence-corrected chi connectivity index (χ4v) is 2.37. The molecule has 2 fully saturated rings. The summed E-state index contributed by atoms with van der Waals surface area (Å²) in [6.07, 6.45) is 3.40. The predicted molar refractivity (Wildman–Crippen MR) is 71.3 cm³/mol. The molecule has 2 atom stereocenters. The molecule has 0 spiro atoms. The smallest absolute Gasteiger partial charge is 0.243 e. The molecule has 1 N–H and O–H groups in total. The van der Waals surface area contributed by atoms with Crippen molar-refractivity contribution >= 4 is 11.6 Å². The number of nitrogens with one attached hydrogen (secondary N) is 1. The fourth-order valence-electron chi connectivity index (χ4n) is 2.37. The van der Waals surface area contributed by atoms with Gasteiger partial charge in [-0.05, 0) is 43.6 Å². The van der Waals surface area contributed by atoms with Crippen LogP contribution in [-0.4, -0.2) is 11.6 Å². The van der Waals surface area contributed by atoms with Gasteiger partial charge >= 0.3 is 0 Å². The number of nitrogens with zero attached hydrogens (tertiary/aromatic N) is 1. The molecule has 3 nitrogen and oxygen atoms in total. The van der Waals surface area contributed by atoms with Crippen LogP contribution in [0.4, 0.5) is 0 Å². The zero-order valence-electron chi connectivity index (χ0n) is 10.6. The van der Waals surface area contributed by atoms with Crippen LogP contribution in [0.25, 0.3) is 0 Å². The summed E-state index contributed by atoms with van der Waals surface area (Å²) >= 11 is 0. The average Bonchev–Trinajstić information content (AvgIpc) is 3.29. The van der Waals surface area contributed by atoms with Crippen molar-refractivity contribution in [2.24, 2.45) is 16.9 Å². The van der Waals surface area contributed by atoms with Crippen LogP contribution in [0.1, 0.15) is 37.7 Å². The number of carbonyl (C=O) groups excluding carboxylic acids is 1. The van der Waals surface area contributed by atoms with E-state index in [0.717, 1.165) is 12.1 Å². The SMILES string of the molecule is C/C(=N/NC(=O)[C@H]1C[C@H]1c1ccccc1)C1CC1. The van der Waals surface area contributed by atoms with E-state index in [-0.39, 0.29) is 11.8 Å². The van der Waals surface area contributed by atoms with E-state index in [1.807, 2.05) is 25.1 Å². The second-order valence-electron chi connectivity index (χ2n) is 5.36. The number of benzene rings is 1. The van der Waals surface area contributed by atoms with Gasteiger partial charge < -0.3 is 0 Å². The molecule has 0 aliphatic heterocycles. The Kier molecular flexibility index (Phi) is 2.90. The first kappa shape index (κ1) is 11.5. The summed E-state index contributed by atoms with van der Waals surface area (Å²) in [5.74, 6) is 1.20. The molecule has 0 heterocycles. The fraction of sp³-hybridized carbons (Fsp3) is 0.467. The van der Waals surface area contributed by atoms with Crippen LogP contribution in [0, 0.1) is 11.8 Å². The Balaban J connectivity index is 1.54. The minimum atomic E-state index is 0.0730. The van der Waals surface area contributed by atoms with Crippen molar-refractivity contribution in [2.75, 3.05) is 0 Å². The van der Waals surface area contributed by atoms with Gasteiger partial charge in [-0.3, -0.25) is 4.79 Å². The highest BCUT2D eigenvalue weighted by atomic mass is 16.2. The van der Waals surface area contributed by atoms with Crippen LogP contribution in [-0.2, 0) is 4.79 Å². The average molecular weight is 242 g/mol. The molecular weight excluding hydrogens is 224 g/mol. The van der Waals surface area contributed by atoms with E-state index in [1.54, 1.807) is 0 Å². The van der Waals surface area contributed by atoms with Crippen LogP contribution >= 0.6 is 0 Å². The van der Waals surface area contributed by atoms with Gasteiger partial charge in [-0.2, -0.15) is 5.10 Å². The number of carbonyl (C=O) groups is 1. The van der Waals surface area contributed by atoms with Crippen LogP contribution in [0.15, 0.2) is 35.4 Å². The summed E-state index contributed by atoms with van der Waals surface area (Å²) in [5, 5.41) is 4.19. The number of hydrogen-bond acceptors (Lipinski definition) is 2. The minimum absolute atomic E-state index is 0.0730. The number of rotatable bonds is 4. The van der Waals surface area contributed by atoms with Crippen LogP contribution in [0.5, 0.6) is 0 Å². The maximum Gasteiger partial charge on any atom is 0.243 e. The second kappa shape index (κ2) is 4.56. The molecule has 94 valence electrons. The Morgan fingerprint density at radius 2 is 2.00 bits per heavy atom. The highest BCUT2D eigenvalue weighted by Crippen LogP contribution is 2.47. The topological polar surface area (TPSA) is 41.5 Å². The van der Waals surface area contributed by atoms with Crippen molar-refractivity contribution in [3.63, 3.8) is 0 Å². The highest BCUT2D eigenvalue weighted by molar-refractivity contribution is 5.89. The van der Waals surface area contributed by atoms with Gasteiger partial charge in [0.1, 0.15) is 0 Å². The molecular formula is C15H18N2O. The first-order valence-corrected chi connectivity index (χ1v) is 6.64. The molecule has 2 saturated carbocycles. The monoisotopic (exact) mass is 242 g/mol. The zero-order valence-corrected chi connectivity index (χ0v) is 10.6. The van der Waals surface area contributed by atoms with Crippen molar-refractivity contribution in [2.45, 2.75) is 32.1 Å². The zero-order chi connectivity index (χ0) is 12.5. The Morgan fingerprint density at radius 1 is 1.28 bits per heavy atom. The Morgan fingerprint density at radius 3 is 2.67 bits per heavy atom. The predicted octanol–water partition coefficient (Wildman–Crippen LogP) is 2.69. The minimum Gasteiger partial charge on any atom is -0.273 e. The largest absolute Gasteiger partial charge is 0.273 e. The molecule has 18 heavy (non-hydrogen) atoms. The van der Waals surface area contributed by atoms with E-state index in [0.29, 0.717) is 11.8 Å². The van der Waals surface area contributed by atoms with Gasteiger partial charge in [-0.15, -0.1) is 0 Å². The lowest BCUT2D eigenvalue weighted by Crippen LogP contribution is -2.21. The molecule has 0 aromatic heterocycles. The third kappa shape index (κ3) is 2.45. The molecule has 2 aliphatic carbocycles. The highest BCUT2D eigenvalue weighted by Gasteiger charge is 2.43. The van der Waals surface area contributed by atoms with Crippen molar-refractivity contribution in [3.05, 3.63) is 35.9 Å². The van der Waals surface area contributed by atoms with Crippen LogP contribution < -0.4 is 5.43 Å². The summed E-state index contributed by atoms with van der Waals surface area (Å²) in [7, 11) is 0. The Hall–Kier alpha value is -1.64. The number of hydrogen-bond donors (Lipinski definition) is 1. The van der Waals surface area contributed by atoms with Gasteiger partial charge in [0, 0.05) is 11.6 Å². The lowest BCUT2D eigenvalue weighted by atomic mass is 10.1. The molecule has 0 bridgehead atoms. The van der Waals surface area contributed by atoms with Crippen LogP contribution in [0.3, 0.4) is 0 Å². The molecule has 2 aliphatic rings. The van der Waals surface area contributed by atoms with E-state index in [4.69, 9.17) is 0 Å². The third-order valence-electron chi connectivity index (χ3n) is 3.87. The lowest BCUT2D eigenvalue weighted by molar-refractivity contribution is -0.122. The lowest BCUT2D eigenvalue weighted by Gasteiger charge is -2.01. The van der Waals surface area contributed by atoms with Crippen molar-refractivity contribution in [3.8, 4) is 0 Å². The van der Waals surface area contributed by atoms with Gasteiger partial charge in [-0.25, -0.2) is 5.43 Å². The molecule has 0 radical (unpaired) electrons. The van der Waals surface area contributed by atoms with E-state index in [2.05, 4.69) is 22.7 Å². The molecule has 0 saturated heterocycles. The first-order valence-electron chi connectivity index (χ1n) is 6.64. The Bertz CT molecular complexity index is 477. The van der Waals surface area contributed by atoms with Gasteiger partial charge in [0.25, 0.3) is 0 Å². The molecule has 3 heteroatoms. The maximum atomic E-state index is 11.9. The first-order chi connectivity index (χ1) is 8.75. The summed E-state index contributed by atoms with van der Waals surface area (Å²) in [4.78, 5) is 11.9. The molecule has 1 aromatic carbocycles. The van der Waals surface area contributed by atoms with E-state index in [1.165, 1.54) is 18.4 Å². The standard InChI is InChI=1S/C15H18N2O/c1-10(11-7-8-11)16-17-15(18)14-9-13(14)12-5-3-2-4-6-12/h2-6,11,13-14H,7-9H2,1H3,(H,17,18)/b16-10-/t13-,14-/m0/s1. The van der Waals surface area contributed by atoms with Crippen molar-refractivity contribution in [1.82, 2.24) is 5.43 Å². The van der Waals surface area contributed by atoms with Crippen molar-refractivity contribution < 1.29 is 4.79 Å². The molecule has 1 amide bonds. The summed E-state index contributed by atoms with van der Waals surface area (Å²) in [6.45, 7) is 2.00. The quantitative estimate of drug-likeness (QED) is 0.640. The van der Waals surface area contributed by atoms with E-state index < -0.39 is 0 Å².